The standard InChI is InChI=1S/C19H23ClN2O2/c1-23-19-4-2-3-17(15-19)22-11-9-21(10-12-22)13-14-24-18-7-5-16(20)6-8-18/h2-8,15H,9-14H2,1H3. The van der Waals surface area contributed by atoms with E-state index in [9.17, 15) is 0 Å². The smallest absolute Gasteiger partial charge is 0.120 e. The lowest BCUT2D eigenvalue weighted by Crippen LogP contribution is -2.47. The van der Waals surface area contributed by atoms with Crippen molar-refractivity contribution in [1.29, 1.82) is 0 Å². The van der Waals surface area contributed by atoms with Gasteiger partial charge >= 0.3 is 0 Å². The summed E-state index contributed by atoms with van der Waals surface area (Å²) in [6, 6.07) is 15.8. The van der Waals surface area contributed by atoms with Crippen molar-refractivity contribution in [3.63, 3.8) is 0 Å². The molecule has 0 bridgehead atoms. The van der Waals surface area contributed by atoms with E-state index in [1.54, 1.807) is 7.11 Å². The molecule has 1 aliphatic rings. The second kappa shape index (κ2) is 8.27. The lowest BCUT2D eigenvalue weighted by atomic mass is 10.2. The lowest BCUT2D eigenvalue weighted by Gasteiger charge is -2.36. The fraction of sp³-hybridized carbons (Fsp3) is 0.368. The van der Waals surface area contributed by atoms with Gasteiger partial charge in [0.15, 0.2) is 0 Å². The molecule has 0 saturated carbocycles. The van der Waals surface area contributed by atoms with Crippen LogP contribution in [0, 0.1) is 0 Å². The first-order valence-corrected chi connectivity index (χ1v) is 8.62. The average molecular weight is 347 g/mol. The van der Waals surface area contributed by atoms with Gasteiger partial charge in [-0.1, -0.05) is 17.7 Å². The van der Waals surface area contributed by atoms with E-state index in [4.69, 9.17) is 21.1 Å². The summed E-state index contributed by atoms with van der Waals surface area (Å²) in [5, 5.41) is 0.732. The van der Waals surface area contributed by atoms with Crippen molar-refractivity contribution < 1.29 is 9.47 Å². The van der Waals surface area contributed by atoms with E-state index in [2.05, 4.69) is 21.9 Å². The largest absolute Gasteiger partial charge is 0.497 e. The third kappa shape index (κ3) is 4.56. The molecule has 0 radical (unpaired) electrons. The Balaban J connectivity index is 1.42. The Hall–Kier alpha value is -1.91. The van der Waals surface area contributed by atoms with E-state index in [1.165, 1.54) is 5.69 Å². The van der Waals surface area contributed by atoms with Crippen LogP contribution in [-0.2, 0) is 0 Å². The third-order valence-corrected chi connectivity index (χ3v) is 4.53. The average Bonchev–Trinajstić information content (AvgIpc) is 2.64. The Morgan fingerprint density at radius 3 is 2.42 bits per heavy atom. The predicted molar refractivity (Wildman–Crippen MR) is 98.6 cm³/mol. The Kier molecular flexibility index (Phi) is 5.83. The minimum atomic E-state index is 0.695. The number of benzene rings is 2. The van der Waals surface area contributed by atoms with Crippen LogP contribution in [0.3, 0.4) is 0 Å². The first kappa shape index (κ1) is 16.9. The highest BCUT2D eigenvalue weighted by Gasteiger charge is 2.17. The molecule has 2 aromatic carbocycles. The number of ether oxygens (including phenoxy) is 2. The van der Waals surface area contributed by atoms with Crippen molar-refractivity contribution in [2.75, 3.05) is 51.3 Å². The Morgan fingerprint density at radius 2 is 1.71 bits per heavy atom. The number of piperazine rings is 1. The van der Waals surface area contributed by atoms with Crippen molar-refractivity contribution in [2.45, 2.75) is 0 Å². The molecule has 0 unspecified atom stereocenters. The number of hydrogen-bond donors (Lipinski definition) is 0. The minimum absolute atomic E-state index is 0.695. The van der Waals surface area contributed by atoms with Crippen LogP contribution in [0.4, 0.5) is 5.69 Å². The van der Waals surface area contributed by atoms with Crippen LogP contribution in [0.5, 0.6) is 11.5 Å². The third-order valence-electron chi connectivity index (χ3n) is 4.28. The summed E-state index contributed by atoms with van der Waals surface area (Å²) < 4.78 is 11.1. The first-order valence-electron chi connectivity index (χ1n) is 8.24. The van der Waals surface area contributed by atoms with E-state index >= 15 is 0 Å². The van der Waals surface area contributed by atoms with Gasteiger partial charge in [0.1, 0.15) is 18.1 Å². The molecular formula is C19H23ClN2O2. The molecule has 128 valence electrons. The number of nitrogens with zero attached hydrogens (tertiary/aromatic N) is 2. The number of halogens is 1. The molecule has 0 amide bonds. The summed E-state index contributed by atoms with van der Waals surface area (Å²) in [6.45, 7) is 5.76. The van der Waals surface area contributed by atoms with Gasteiger partial charge in [0.05, 0.1) is 7.11 Å². The van der Waals surface area contributed by atoms with E-state index in [-0.39, 0.29) is 0 Å². The molecule has 0 spiro atoms. The van der Waals surface area contributed by atoms with Crippen molar-refractivity contribution >= 4 is 17.3 Å². The van der Waals surface area contributed by atoms with Crippen LogP contribution < -0.4 is 14.4 Å². The van der Waals surface area contributed by atoms with E-state index in [1.807, 2.05) is 36.4 Å². The molecule has 0 atom stereocenters. The molecule has 1 aliphatic heterocycles. The highest BCUT2D eigenvalue weighted by atomic mass is 35.5. The van der Waals surface area contributed by atoms with Gasteiger partial charge < -0.3 is 14.4 Å². The highest BCUT2D eigenvalue weighted by Crippen LogP contribution is 2.22. The first-order chi connectivity index (χ1) is 11.7. The van der Waals surface area contributed by atoms with E-state index in [0.717, 1.165) is 49.2 Å². The fourth-order valence-corrected chi connectivity index (χ4v) is 2.99. The maximum absolute atomic E-state index is 5.87. The highest BCUT2D eigenvalue weighted by molar-refractivity contribution is 6.30. The summed E-state index contributed by atoms with van der Waals surface area (Å²) in [5.74, 6) is 1.78. The topological polar surface area (TPSA) is 24.9 Å². The monoisotopic (exact) mass is 346 g/mol. The fourth-order valence-electron chi connectivity index (χ4n) is 2.86. The maximum atomic E-state index is 5.87. The zero-order valence-corrected chi connectivity index (χ0v) is 14.7. The number of rotatable bonds is 6. The lowest BCUT2D eigenvalue weighted by molar-refractivity contribution is 0.200. The van der Waals surface area contributed by atoms with Crippen molar-refractivity contribution in [3.05, 3.63) is 53.6 Å². The zero-order valence-electron chi connectivity index (χ0n) is 14.0. The molecule has 0 aromatic heterocycles. The molecule has 2 aromatic rings. The van der Waals surface area contributed by atoms with Gasteiger partial charge in [-0.15, -0.1) is 0 Å². The number of methoxy groups -OCH3 is 1. The molecule has 1 heterocycles. The number of anilines is 1. The van der Waals surface area contributed by atoms with Gasteiger partial charge in [0.2, 0.25) is 0 Å². The van der Waals surface area contributed by atoms with Gasteiger partial charge in [-0.3, -0.25) is 4.90 Å². The Labute approximate surface area is 148 Å². The number of hydrogen-bond acceptors (Lipinski definition) is 4. The molecule has 0 N–H and O–H groups in total. The summed E-state index contributed by atoms with van der Waals surface area (Å²) in [5.41, 5.74) is 1.23. The SMILES string of the molecule is COc1cccc(N2CCN(CCOc3ccc(Cl)cc3)CC2)c1. The summed E-state index contributed by atoms with van der Waals surface area (Å²) in [7, 11) is 1.71. The Bertz CT molecular complexity index is 640. The molecule has 24 heavy (non-hydrogen) atoms. The quantitative estimate of drug-likeness (QED) is 0.798. The van der Waals surface area contributed by atoms with Gasteiger partial charge in [-0.2, -0.15) is 0 Å². The predicted octanol–water partition coefficient (Wildman–Crippen LogP) is 3.55. The van der Waals surface area contributed by atoms with Crippen LogP contribution in [-0.4, -0.2) is 51.3 Å². The van der Waals surface area contributed by atoms with Gasteiger partial charge in [-0.25, -0.2) is 0 Å². The normalized spacial score (nSPS) is 15.3. The van der Waals surface area contributed by atoms with Crippen LogP contribution >= 0.6 is 11.6 Å². The minimum Gasteiger partial charge on any atom is -0.497 e. The molecular weight excluding hydrogens is 324 g/mol. The zero-order chi connectivity index (χ0) is 16.8. The molecule has 1 fully saturated rings. The Morgan fingerprint density at radius 1 is 0.958 bits per heavy atom. The molecule has 3 rings (SSSR count). The van der Waals surface area contributed by atoms with Crippen LogP contribution in [0.2, 0.25) is 5.02 Å². The summed E-state index contributed by atoms with van der Waals surface area (Å²) in [4.78, 5) is 4.84. The van der Waals surface area contributed by atoms with Crippen LogP contribution in [0.25, 0.3) is 0 Å². The van der Waals surface area contributed by atoms with Gasteiger partial charge in [0, 0.05) is 49.5 Å². The van der Waals surface area contributed by atoms with E-state index < -0.39 is 0 Å². The van der Waals surface area contributed by atoms with E-state index in [0.29, 0.717) is 6.61 Å². The maximum Gasteiger partial charge on any atom is 0.120 e. The second-order valence-corrected chi connectivity index (χ2v) is 6.27. The summed E-state index contributed by atoms with van der Waals surface area (Å²) in [6.07, 6.45) is 0. The second-order valence-electron chi connectivity index (χ2n) is 5.83. The molecule has 4 nitrogen and oxygen atoms in total. The molecule has 1 saturated heterocycles. The molecule has 5 heteroatoms. The summed E-state index contributed by atoms with van der Waals surface area (Å²) >= 11 is 5.87. The van der Waals surface area contributed by atoms with Crippen molar-refractivity contribution in [2.24, 2.45) is 0 Å². The van der Waals surface area contributed by atoms with Gasteiger partial charge in [-0.05, 0) is 36.4 Å². The van der Waals surface area contributed by atoms with Crippen LogP contribution in [0.15, 0.2) is 48.5 Å². The van der Waals surface area contributed by atoms with Crippen molar-refractivity contribution in [1.82, 2.24) is 4.90 Å². The van der Waals surface area contributed by atoms with Crippen molar-refractivity contribution in [3.8, 4) is 11.5 Å². The van der Waals surface area contributed by atoms with Crippen LogP contribution in [0.1, 0.15) is 0 Å². The molecule has 0 aliphatic carbocycles. The van der Waals surface area contributed by atoms with Gasteiger partial charge in [0.25, 0.3) is 0 Å².